The second-order valence-electron chi connectivity index (χ2n) is 6.28. The van der Waals surface area contributed by atoms with Crippen LogP contribution in [0.2, 0.25) is 0 Å². The Labute approximate surface area is 165 Å². The molecule has 10 heteroatoms. The van der Waals surface area contributed by atoms with Crippen molar-refractivity contribution >= 4 is 38.7 Å². The molecule has 28 heavy (non-hydrogen) atoms. The summed E-state index contributed by atoms with van der Waals surface area (Å²) in [5.41, 5.74) is 0.890. The Morgan fingerprint density at radius 2 is 1.93 bits per heavy atom. The Balaban J connectivity index is 1.59. The van der Waals surface area contributed by atoms with Crippen molar-refractivity contribution in [2.45, 2.75) is 36.5 Å². The van der Waals surface area contributed by atoms with E-state index in [0.29, 0.717) is 13.1 Å². The number of nitrogens with zero attached hydrogens (tertiary/aromatic N) is 1. The highest BCUT2D eigenvalue weighted by atomic mass is 32.2. The van der Waals surface area contributed by atoms with Crippen molar-refractivity contribution < 1.29 is 26.8 Å². The van der Waals surface area contributed by atoms with E-state index in [1.807, 2.05) is 11.4 Å². The van der Waals surface area contributed by atoms with Gasteiger partial charge in [0.05, 0.1) is 10.6 Å². The summed E-state index contributed by atoms with van der Waals surface area (Å²) in [5.74, 6) is -4.38. The van der Waals surface area contributed by atoms with Gasteiger partial charge in [-0.15, -0.1) is 11.3 Å². The summed E-state index contributed by atoms with van der Waals surface area (Å²) < 4.78 is 49.1. The molecule has 0 spiro atoms. The normalized spacial score (nSPS) is 14.0. The highest BCUT2D eigenvalue weighted by molar-refractivity contribution is 7.91. The molecule has 6 nitrogen and oxygen atoms in total. The van der Waals surface area contributed by atoms with Gasteiger partial charge in [0.15, 0.2) is 0 Å². The summed E-state index contributed by atoms with van der Waals surface area (Å²) in [7, 11) is -4.85. The molecule has 0 bridgehead atoms. The number of hydrogen-bond acceptors (Lipinski definition) is 5. The number of carbonyl (C=O) groups is 2. The van der Waals surface area contributed by atoms with E-state index in [0.717, 1.165) is 18.1 Å². The predicted molar refractivity (Wildman–Crippen MR) is 101 cm³/mol. The van der Waals surface area contributed by atoms with Gasteiger partial charge in [-0.25, -0.2) is 8.42 Å². The third kappa shape index (κ3) is 4.39. The standard InChI is InChI=1S/C18H18F2N2O4S2/c19-18(20)28(25,26)15-4-2-1-3-13(15)21-16(23)5-6-17(24)22-9-7-14-12(11-22)8-10-27-14/h1-4,8,10,18H,5-7,9,11H2,(H,21,23). The molecule has 150 valence electrons. The average Bonchev–Trinajstić information content (AvgIpc) is 3.14. The van der Waals surface area contributed by atoms with E-state index >= 15 is 0 Å². The van der Waals surface area contributed by atoms with Gasteiger partial charge in [-0.2, -0.15) is 8.78 Å². The molecule has 1 aliphatic rings. The smallest absolute Gasteiger partial charge is 0.338 e. The van der Waals surface area contributed by atoms with E-state index < -0.39 is 26.4 Å². The predicted octanol–water partition coefficient (Wildman–Crippen LogP) is 3.05. The lowest BCUT2D eigenvalue weighted by atomic mass is 10.1. The maximum absolute atomic E-state index is 12.8. The van der Waals surface area contributed by atoms with Crippen LogP contribution >= 0.6 is 11.3 Å². The first-order chi connectivity index (χ1) is 13.3. The second-order valence-corrected chi connectivity index (χ2v) is 9.17. The van der Waals surface area contributed by atoms with Gasteiger partial charge in [0.2, 0.25) is 21.7 Å². The highest BCUT2D eigenvalue weighted by Crippen LogP contribution is 2.27. The molecule has 1 aromatic carbocycles. The molecular weight excluding hydrogens is 410 g/mol. The van der Waals surface area contributed by atoms with E-state index in [1.54, 1.807) is 16.2 Å². The van der Waals surface area contributed by atoms with Crippen LogP contribution in [0.25, 0.3) is 0 Å². The maximum Gasteiger partial charge on any atom is 0.341 e. The van der Waals surface area contributed by atoms with Crippen LogP contribution in [0, 0.1) is 0 Å². The van der Waals surface area contributed by atoms with Crippen molar-refractivity contribution in [2.75, 3.05) is 11.9 Å². The zero-order chi connectivity index (χ0) is 20.3. The summed E-state index contributed by atoms with van der Waals surface area (Å²) in [4.78, 5) is 26.8. The highest BCUT2D eigenvalue weighted by Gasteiger charge is 2.29. The van der Waals surface area contributed by atoms with Crippen LogP contribution < -0.4 is 5.32 Å². The Bertz CT molecular complexity index is 989. The van der Waals surface area contributed by atoms with Crippen molar-refractivity contribution in [2.24, 2.45) is 0 Å². The largest absolute Gasteiger partial charge is 0.341 e. The SMILES string of the molecule is O=C(CCC(=O)N1CCc2sccc2C1)Nc1ccccc1S(=O)(=O)C(F)F. The number of amides is 2. The summed E-state index contributed by atoms with van der Waals surface area (Å²) in [5, 5.41) is 4.30. The number of para-hydroxylation sites is 1. The van der Waals surface area contributed by atoms with E-state index in [1.165, 1.54) is 23.1 Å². The topological polar surface area (TPSA) is 83.6 Å². The van der Waals surface area contributed by atoms with Crippen molar-refractivity contribution in [3.05, 3.63) is 46.2 Å². The number of anilines is 1. The van der Waals surface area contributed by atoms with Crippen molar-refractivity contribution in [1.29, 1.82) is 0 Å². The number of rotatable bonds is 6. The van der Waals surface area contributed by atoms with Crippen molar-refractivity contribution in [3.63, 3.8) is 0 Å². The van der Waals surface area contributed by atoms with Gasteiger partial charge >= 0.3 is 5.76 Å². The molecule has 1 N–H and O–H groups in total. The summed E-state index contributed by atoms with van der Waals surface area (Å²) in [6.45, 7) is 1.10. The Morgan fingerprint density at radius 3 is 2.68 bits per heavy atom. The molecule has 0 saturated carbocycles. The number of sulfone groups is 1. The Kier molecular flexibility index (Phi) is 6.09. The molecular formula is C18H18F2N2O4S2. The Hall–Kier alpha value is -2.33. The lowest BCUT2D eigenvalue weighted by molar-refractivity contribution is -0.133. The van der Waals surface area contributed by atoms with Crippen LogP contribution in [-0.4, -0.2) is 37.4 Å². The van der Waals surface area contributed by atoms with E-state index in [-0.39, 0.29) is 24.4 Å². The number of thiophene rings is 1. The van der Waals surface area contributed by atoms with Gasteiger partial charge in [0, 0.05) is 30.8 Å². The van der Waals surface area contributed by atoms with Gasteiger partial charge in [-0.05, 0) is 35.6 Å². The zero-order valence-corrected chi connectivity index (χ0v) is 16.4. The van der Waals surface area contributed by atoms with Crippen molar-refractivity contribution in [1.82, 2.24) is 4.90 Å². The minimum absolute atomic E-state index is 0.0466. The van der Waals surface area contributed by atoms with E-state index in [2.05, 4.69) is 5.32 Å². The molecule has 0 aliphatic carbocycles. The molecule has 2 heterocycles. The number of fused-ring (bicyclic) bond motifs is 1. The molecule has 2 aromatic rings. The number of benzene rings is 1. The number of carbonyl (C=O) groups excluding carboxylic acids is 2. The summed E-state index contributed by atoms with van der Waals surface area (Å²) >= 11 is 1.66. The first-order valence-corrected chi connectivity index (χ1v) is 11.0. The zero-order valence-electron chi connectivity index (χ0n) is 14.7. The quantitative estimate of drug-likeness (QED) is 0.767. The van der Waals surface area contributed by atoms with Crippen LogP contribution in [0.3, 0.4) is 0 Å². The molecule has 2 amide bonds. The summed E-state index contributed by atoms with van der Waals surface area (Å²) in [6.07, 6.45) is 0.563. The van der Waals surface area contributed by atoms with Crippen LogP contribution in [-0.2, 0) is 32.4 Å². The van der Waals surface area contributed by atoms with Crippen LogP contribution in [0.4, 0.5) is 14.5 Å². The van der Waals surface area contributed by atoms with Gasteiger partial charge < -0.3 is 10.2 Å². The van der Waals surface area contributed by atoms with Gasteiger partial charge in [-0.3, -0.25) is 9.59 Å². The summed E-state index contributed by atoms with van der Waals surface area (Å²) in [6, 6.07) is 6.94. The minimum Gasteiger partial charge on any atom is -0.338 e. The van der Waals surface area contributed by atoms with Gasteiger partial charge in [-0.1, -0.05) is 12.1 Å². The lowest BCUT2D eigenvalue weighted by Crippen LogP contribution is -2.35. The fourth-order valence-corrected chi connectivity index (χ4v) is 4.74. The van der Waals surface area contributed by atoms with E-state index in [4.69, 9.17) is 0 Å². The number of alkyl halides is 2. The van der Waals surface area contributed by atoms with Gasteiger partial charge in [0.25, 0.3) is 0 Å². The van der Waals surface area contributed by atoms with E-state index in [9.17, 15) is 26.8 Å². The Morgan fingerprint density at radius 1 is 1.18 bits per heavy atom. The average molecular weight is 428 g/mol. The molecule has 0 saturated heterocycles. The number of hydrogen-bond donors (Lipinski definition) is 1. The fourth-order valence-electron chi connectivity index (χ4n) is 2.97. The molecule has 0 radical (unpaired) electrons. The third-order valence-electron chi connectivity index (χ3n) is 4.43. The molecule has 0 unspecified atom stereocenters. The number of halogens is 2. The number of nitrogens with one attached hydrogen (secondary N) is 1. The minimum atomic E-state index is -4.85. The molecule has 1 aromatic heterocycles. The second kappa shape index (κ2) is 8.36. The first kappa shape index (κ1) is 20.4. The van der Waals surface area contributed by atoms with Gasteiger partial charge in [0.1, 0.15) is 0 Å². The molecule has 1 aliphatic heterocycles. The molecule has 0 fully saturated rings. The van der Waals surface area contributed by atoms with Crippen LogP contribution in [0.15, 0.2) is 40.6 Å². The third-order valence-corrected chi connectivity index (χ3v) is 6.89. The first-order valence-electron chi connectivity index (χ1n) is 8.53. The lowest BCUT2D eigenvalue weighted by Gasteiger charge is -2.27. The molecule has 0 atom stereocenters. The molecule has 3 rings (SSSR count). The van der Waals surface area contributed by atoms with Crippen molar-refractivity contribution in [3.8, 4) is 0 Å². The van der Waals surface area contributed by atoms with Crippen LogP contribution in [0.5, 0.6) is 0 Å². The monoisotopic (exact) mass is 428 g/mol. The maximum atomic E-state index is 12.8. The fraction of sp³-hybridized carbons (Fsp3) is 0.333. The van der Waals surface area contributed by atoms with Crippen LogP contribution in [0.1, 0.15) is 23.3 Å².